The summed E-state index contributed by atoms with van der Waals surface area (Å²) in [6.07, 6.45) is 4.49. The summed E-state index contributed by atoms with van der Waals surface area (Å²) in [5.74, 6) is 0.361. The summed E-state index contributed by atoms with van der Waals surface area (Å²) in [6.45, 7) is 6.89. The lowest BCUT2D eigenvalue weighted by atomic mass is 9.99. The summed E-state index contributed by atoms with van der Waals surface area (Å²) >= 11 is 0. The zero-order chi connectivity index (χ0) is 21.4. The van der Waals surface area contributed by atoms with Gasteiger partial charge in [-0.3, -0.25) is 9.10 Å². The van der Waals surface area contributed by atoms with E-state index in [4.69, 9.17) is 0 Å². The number of sulfonamides is 1. The van der Waals surface area contributed by atoms with E-state index in [1.165, 1.54) is 17.8 Å². The molecule has 2 rings (SSSR count). The van der Waals surface area contributed by atoms with Gasteiger partial charge in [0.15, 0.2) is 0 Å². The molecule has 29 heavy (non-hydrogen) atoms. The fraction of sp³-hybridized carbons (Fsp3) is 0.435. The summed E-state index contributed by atoms with van der Waals surface area (Å²) in [5, 5.41) is 3.00. The van der Waals surface area contributed by atoms with Gasteiger partial charge in [-0.2, -0.15) is 0 Å². The van der Waals surface area contributed by atoms with Crippen LogP contribution in [-0.2, 0) is 10.0 Å². The van der Waals surface area contributed by atoms with Crippen molar-refractivity contribution in [2.75, 3.05) is 17.9 Å². The van der Waals surface area contributed by atoms with Crippen molar-refractivity contribution in [2.45, 2.75) is 51.3 Å². The van der Waals surface area contributed by atoms with Gasteiger partial charge >= 0.3 is 0 Å². The standard InChI is InChI=1S/C23H32N2O3S/c1-5-7-8-19(6-2)17-24-23(26)20-11-13-21(14-12-20)25(4)29(27,28)22-15-9-18(3)10-16-22/h9-16,19H,5-8,17H2,1-4H3,(H,24,26)/t19-/m0/s1. The molecular weight excluding hydrogens is 384 g/mol. The average molecular weight is 417 g/mol. The van der Waals surface area contributed by atoms with E-state index in [0.717, 1.165) is 24.8 Å². The molecule has 0 saturated heterocycles. The van der Waals surface area contributed by atoms with Crippen molar-refractivity contribution >= 4 is 21.6 Å². The van der Waals surface area contributed by atoms with E-state index in [0.29, 0.717) is 23.7 Å². The third kappa shape index (κ3) is 6.07. The van der Waals surface area contributed by atoms with Gasteiger partial charge < -0.3 is 5.32 Å². The molecule has 158 valence electrons. The molecule has 0 bridgehead atoms. The van der Waals surface area contributed by atoms with Gasteiger partial charge in [-0.1, -0.05) is 50.8 Å². The molecule has 1 N–H and O–H groups in total. The molecule has 2 aromatic carbocycles. The van der Waals surface area contributed by atoms with Crippen LogP contribution in [0.25, 0.3) is 0 Å². The van der Waals surface area contributed by atoms with Crippen molar-refractivity contribution in [1.82, 2.24) is 5.32 Å². The molecule has 1 amide bonds. The van der Waals surface area contributed by atoms with Crippen LogP contribution in [0.3, 0.4) is 0 Å². The molecule has 5 nitrogen and oxygen atoms in total. The number of nitrogens with zero attached hydrogens (tertiary/aromatic N) is 1. The highest BCUT2D eigenvalue weighted by Crippen LogP contribution is 2.23. The van der Waals surface area contributed by atoms with Crippen molar-refractivity contribution in [1.29, 1.82) is 0 Å². The highest BCUT2D eigenvalue weighted by atomic mass is 32.2. The molecule has 0 aliphatic heterocycles. The van der Waals surface area contributed by atoms with Crippen LogP contribution in [0.1, 0.15) is 55.5 Å². The van der Waals surface area contributed by atoms with E-state index in [1.54, 1.807) is 48.5 Å². The van der Waals surface area contributed by atoms with Crippen LogP contribution in [0, 0.1) is 12.8 Å². The molecule has 0 radical (unpaired) electrons. The first kappa shape index (κ1) is 22.9. The number of nitrogens with one attached hydrogen (secondary N) is 1. The second-order valence-corrected chi connectivity index (χ2v) is 9.43. The third-order valence-corrected chi connectivity index (χ3v) is 7.07. The minimum absolute atomic E-state index is 0.129. The van der Waals surface area contributed by atoms with Gasteiger partial charge in [0, 0.05) is 19.2 Å². The first-order valence-electron chi connectivity index (χ1n) is 10.2. The summed E-state index contributed by atoms with van der Waals surface area (Å²) in [4.78, 5) is 12.7. The Kier molecular flexibility index (Phi) is 8.26. The van der Waals surface area contributed by atoms with Crippen LogP contribution >= 0.6 is 0 Å². The topological polar surface area (TPSA) is 66.5 Å². The fourth-order valence-corrected chi connectivity index (χ4v) is 4.31. The number of hydrogen-bond donors (Lipinski definition) is 1. The number of carbonyl (C=O) groups excluding carboxylic acids is 1. The molecule has 0 saturated carbocycles. The SMILES string of the molecule is CCCC[C@H](CC)CNC(=O)c1ccc(N(C)S(=O)(=O)c2ccc(C)cc2)cc1. The first-order chi connectivity index (χ1) is 13.8. The van der Waals surface area contributed by atoms with Crippen LogP contribution in [0.4, 0.5) is 5.69 Å². The minimum atomic E-state index is -3.64. The Hall–Kier alpha value is -2.34. The van der Waals surface area contributed by atoms with Crippen molar-refractivity contribution in [3.8, 4) is 0 Å². The summed E-state index contributed by atoms with van der Waals surface area (Å²) in [6, 6.07) is 13.4. The molecule has 0 spiro atoms. The van der Waals surface area contributed by atoms with Gasteiger partial charge in [0.2, 0.25) is 0 Å². The lowest BCUT2D eigenvalue weighted by Crippen LogP contribution is -2.29. The van der Waals surface area contributed by atoms with Gasteiger partial charge in [0.05, 0.1) is 10.6 Å². The molecule has 0 aromatic heterocycles. The number of carbonyl (C=O) groups is 1. The zero-order valence-corrected chi connectivity index (χ0v) is 18.6. The normalized spacial score (nSPS) is 12.4. The maximum Gasteiger partial charge on any atom is 0.264 e. The number of hydrogen-bond acceptors (Lipinski definition) is 3. The van der Waals surface area contributed by atoms with Crippen molar-refractivity contribution in [3.05, 3.63) is 59.7 Å². The van der Waals surface area contributed by atoms with E-state index < -0.39 is 10.0 Å². The highest BCUT2D eigenvalue weighted by Gasteiger charge is 2.21. The molecule has 0 aliphatic carbocycles. The number of benzene rings is 2. The van der Waals surface area contributed by atoms with Crippen LogP contribution in [0.2, 0.25) is 0 Å². The second kappa shape index (κ2) is 10.4. The minimum Gasteiger partial charge on any atom is -0.352 e. The monoisotopic (exact) mass is 416 g/mol. The number of aryl methyl sites for hydroxylation is 1. The largest absolute Gasteiger partial charge is 0.352 e. The van der Waals surface area contributed by atoms with E-state index >= 15 is 0 Å². The Morgan fingerprint density at radius 2 is 1.66 bits per heavy atom. The molecule has 0 unspecified atom stereocenters. The lowest BCUT2D eigenvalue weighted by molar-refractivity contribution is 0.0946. The second-order valence-electron chi connectivity index (χ2n) is 7.46. The molecule has 6 heteroatoms. The van der Waals surface area contributed by atoms with E-state index in [2.05, 4.69) is 19.2 Å². The maximum atomic E-state index is 12.8. The Morgan fingerprint density at radius 3 is 2.21 bits per heavy atom. The van der Waals surface area contributed by atoms with Gasteiger partial charge in [0.25, 0.3) is 15.9 Å². The molecule has 0 aliphatic rings. The van der Waals surface area contributed by atoms with E-state index in [9.17, 15) is 13.2 Å². The number of unbranched alkanes of at least 4 members (excludes halogenated alkanes) is 1. The smallest absolute Gasteiger partial charge is 0.264 e. The molecule has 2 aromatic rings. The summed E-state index contributed by atoms with van der Waals surface area (Å²) in [5.41, 5.74) is 2.04. The molecule has 1 atom stereocenters. The van der Waals surface area contributed by atoms with Gasteiger partial charge in [-0.15, -0.1) is 0 Å². The number of amides is 1. The van der Waals surface area contributed by atoms with Gasteiger partial charge in [-0.25, -0.2) is 8.42 Å². The fourth-order valence-electron chi connectivity index (χ4n) is 3.11. The van der Waals surface area contributed by atoms with E-state index in [1.807, 2.05) is 6.92 Å². The first-order valence-corrected chi connectivity index (χ1v) is 11.7. The quantitative estimate of drug-likeness (QED) is 0.607. The van der Waals surface area contributed by atoms with Crippen LogP contribution < -0.4 is 9.62 Å². The predicted molar refractivity (Wildman–Crippen MR) is 119 cm³/mol. The summed E-state index contributed by atoms with van der Waals surface area (Å²) in [7, 11) is -2.13. The van der Waals surface area contributed by atoms with Crippen LogP contribution in [0.15, 0.2) is 53.4 Å². The highest BCUT2D eigenvalue weighted by molar-refractivity contribution is 7.92. The van der Waals surface area contributed by atoms with Crippen molar-refractivity contribution in [2.24, 2.45) is 5.92 Å². The lowest BCUT2D eigenvalue weighted by Gasteiger charge is -2.20. The Morgan fingerprint density at radius 1 is 1.03 bits per heavy atom. The van der Waals surface area contributed by atoms with Crippen LogP contribution in [-0.4, -0.2) is 27.9 Å². The Labute approximate surface area is 175 Å². The third-order valence-electron chi connectivity index (χ3n) is 5.27. The van der Waals surface area contributed by atoms with E-state index in [-0.39, 0.29) is 10.8 Å². The van der Waals surface area contributed by atoms with Gasteiger partial charge in [0.1, 0.15) is 0 Å². The van der Waals surface area contributed by atoms with Gasteiger partial charge in [-0.05, 0) is 55.7 Å². The van der Waals surface area contributed by atoms with Crippen LogP contribution in [0.5, 0.6) is 0 Å². The zero-order valence-electron chi connectivity index (χ0n) is 17.8. The Balaban J connectivity index is 2.05. The Bertz CT molecular complexity index is 891. The van der Waals surface area contributed by atoms with Crippen molar-refractivity contribution in [3.63, 3.8) is 0 Å². The number of anilines is 1. The predicted octanol–water partition coefficient (Wildman–Crippen LogP) is 4.77. The molecule has 0 fully saturated rings. The summed E-state index contributed by atoms with van der Waals surface area (Å²) < 4.78 is 26.8. The van der Waals surface area contributed by atoms with Crippen molar-refractivity contribution < 1.29 is 13.2 Å². The molecule has 0 heterocycles. The number of rotatable bonds is 10. The molecular formula is C23H32N2O3S. The average Bonchev–Trinajstić information content (AvgIpc) is 2.73. The maximum absolute atomic E-state index is 12.8.